The molecule has 0 amide bonds. The van der Waals surface area contributed by atoms with Crippen LogP contribution in [0.4, 0.5) is 0 Å². The van der Waals surface area contributed by atoms with Gasteiger partial charge in [-0.15, -0.1) is 0 Å². The second kappa shape index (κ2) is 6.41. The molecule has 1 aliphatic heterocycles. The summed E-state index contributed by atoms with van der Waals surface area (Å²) in [5.74, 6) is 1.75. The zero-order chi connectivity index (χ0) is 10.4. The van der Waals surface area contributed by atoms with Gasteiger partial charge in [-0.25, -0.2) is 0 Å². The second-order valence-corrected chi connectivity index (χ2v) is 4.64. The van der Waals surface area contributed by atoms with Crippen molar-refractivity contribution in [1.29, 1.82) is 0 Å². The van der Waals surface area contributed by atoms with E-state index < -0.39 is 0 Å². The molecule has 1 heterocycles. The molecule has 1 fully saturated rings. The molecule has 1 N–H and O–H groups in total. The van der Waals surface area contributed by atoms with E-state index in [1.165, 1.54) is 45.6 Å². The summed E-state index contributed by atoms with van der Waals surface area (Å²) >= 11 is 0. The predicted molar refractivity (Wildman–Crippen MR) is 62.5 cm³/mol. The number of nitrogens with zero attached hydrogens (tertiary/aromatic N) is 1. The van der Waals surface area contributed by atoms with Gasteiger partial charge in [-0.1, -0.05) is 27.2 Å². The summed E-state index contributed by atoms with van der Waals surface area (Å²) in [5, 5.41) is 3.48. The molecular formula is C12H26N2. The first-order valence-electron chi connectivity index (χ1n) is 6.21. The van der Waals surface area contributed by atoms with Crippen LogP contribution in [0.3, 0.4) is 0 Å². The van der Waals surface area contributed by atoms with Crippen molar-refractivity contribution >= 4 is 0 Å². The molecule has 0 bridgehead atoms. The lowest BCUT2D eigenvalue weighted by atomic mass is 9.97. The molecule has 84 valence electrons. The first kappa shape index (κ1) is 12.0. The van der Waals surface area contributed by atoms with Crippen LogP contribution >= 0.6 is 0 Å². The van der Waals surface area contributed by atoms with E-state index >= 15 is 0 Å². The minimum Gasteiger partial charge on any atom is -0.316 e. The van der Waals surface area contributed by atoms with Gasteiger partial charge in [0.25, 0.3) is 0 Å². The largest absolute Gasteiger partial charge is 0.316 e. The van der Waals surface area contributed by atoms with Crippen LogP contribution in [0, 0.1) is 11.8 Å². The third kappa shape index (κ3) is 3.58. The van der Waals surface area contributed by atoms with Gasteiger partial charge in [0.2, 0.25) is 0 Å². The summed E-state index contributed by atoms with van der Waals surface area (Å²) in [7, 11) is 0. The summed E-state index contributed by atoms with van der Waals surface area (Å²) in [4.78, 5) is 2.61. The van der Waals surface area contributed by atoms with E-state index in [1.54, 1.807) is 0 Å². The summed E-state index contributed by atoms with van der Waals surface area (Å²) in [6, 6.07) is 0. The molecule has 0 aromatic carbocycles. The van der Waals surface area contributed by atoms with E-state index in [4.69, 9.17) is 0 Å². The molecule has 0 aliphatic carbocycles. The standard InChI is InChI=1S/C12H26N2/c1-4-6-7-14(5-2)10-12-9-13-8-11(12)3/h11-13H,4-10H2,1-3H3. The quantitative estimate of drug-likeness (QED) is 0.702. The lowest BCUT2D eigenvalue weighted by molar-refractivity contribution is 0.225. The molecule has 0 spiro atoms. The maximum Gasteiger partial charge on any atom is 0.00247 e. The van der Waals surface area contributed by atoms with E-state index in [0.29, 0.717) is 0 Å². The van der Waals surface area contributed by atoms with Crippen molar-refractivity contribution in [2.75, 3.05) is 32.7 Å². The number of nitrogens with one attached hydrogen (secondary N) is 1. The Morgan fingerprint density at radius 3 is 2.57 bits per heavy atom. The average Bonchev–Trinajstić information content (AvgIpc) is 2.59. The van der Waals surface area contributed by atoms with Crippen molar-refractivity contribution in [2.24, 2.45) is 11.8 Å². The minimum absolute atomic E-state index is 0.866. The monoisotopic (exact) mass is 198 g/mol. The molecule has 1 saturated heterocycles. The molecule has 0 radical (unpaired) electrons. The maximum atomic E-state index is 3.48. The molecule has 2 atom stereocenters. The van der Waals surface area contributed by atoms with E-state index in [2.05, 4.69) is 31.0 Å². The van der Waals surface area contributed by atoms with Gasteiger partial charge in [-0.2, -0.15) is 0 Å². The van der Waals surface area contributed by atoms with Crippen LogP contribution in [0.5, 0.6) is 0 Å². The van der Waals surface area contributed by atoms with E-state index in [-0.39, 0.29) is 0 Å². The Hall–Kier alpha value is -0.0800. The summed E-state index contributed by atoms with van der Waals surface area (Å²) in [6.45, 7) is 13.2. The Balaban J connectivity index is 2.24. The van der Waals surface area contributed by atoms with E-state index in [9.17, 15) is 0 Å². The maximum absolute atomic E-state index is 3.48. The normalized spacial score (nSPS) is 27.4. The Morgan fingerprint density at radius 1 is 1.29 bits per heavy atom. The van der Waals surface area contributed by atoms with Gasteiger partial charge in [0.1, 0.15) is 0 Å². The second-order valence-electron chi connectivity index (χ2n) is 4.64. The van der Waals surface area contributed by atoms with Gasteiger partial charge in [0.15, 0.2) is 0 Å². The van der Waals surface area contributed by atoms with Crippen molar-refractivity contribution < 1.29 is 0 Å². The topological polar surface area (TPSA) is 15.3 Å². The van der Waals surface area contributed by atoms with Crippen LogP contribution in [0.15, 0.2) is 0 Å². The van der Waals surface area contributed by atoms with Crippen molar-refractivity contribution in [3.8, 4) is 0 Å². The lowest BCUT2D eigenvalue weighted by Crippen LogP contribution is -2.33. The fourth-order valence-corrected chi connectivity index (χ4v) is 2.20. The molecular weight excluding hydrogens is 172 g/mol. The average molecular weight is 198 g/mol. The lowest BCUT2D eigenvalue weighted by Gasteiger charge is -2.25. The van der Waals surface area contributed by atoms with E-state index in [0.717, 1.165) is 11.8 Å². The molecule has 0 saturated carbocycles. The van der Waals surface area contributed by atoms with Crippen molar-refractivity contribution in [3.63, 3.8) is 0 Å². The fourth-order valence-electron chi connectivity index (χ4n) is 2.20. The minimum atomic E-state index is 0.866. The van der Waals surface area contributed by atoms with Crippen LogP contribution in [0.2, 0.25) is 0 Å². The smallest absolute Gasteiger partial charge is 0.00247 e. The van der Waals surface area contributed by atoms with Crippen LogP contribution in [0.1, 0.15) is 33.6 Å². The van der Waals surface area contributed by atoms with Crippen molar-refractivity contribution in [1.82, 2.24) is 10.2 Å². The Morgan fingerprint density at radius 2 is 2.07 bits per heavy atom. The Bertz CT molecular complexity index is 147. The molecule has 0 aromatic heterocycles. The van der Waals surface area contributed by atoms with Crippen LogP contribution in [-0.4, -0.2) is 37.6 Å². The zero-order valence-corrected chi connectivity index (χ0v) is 10.1. The van der Waals surface area contributed by atoms with Gasteiger partial charge in [0.05, 0.1) is 0 Å². The van der Waals surface area contributed by atoms with Gasteiger partial charge >= 0.3 is 0 Å². The highest BCUT2D eigenvalue weighted by atomic mass is 15.1. The summed E-state index contributed by atoms with van der Waals surface area (Å²) in [5.41, 5.74) is 0. The predicted octanol–water partition coefficient (Wildman–Crippen LogP) is 1.96. The van der Waals surface area contributed by atoms with Crippen molar-refractivity contribution in [3.05, 3.63) is 0 Å². The molecule has 0 aromatic rings. The first-order valence-corrected chi connectivity index (χ1v) is 6.21. The van der Waals surface area contributed by atoms with Gasteiger partial charge in [-0.05, 0) is 44.4 Å². The Kier molecular flexibility index (Phi) is 5.49. The third-order valence-corrected chi connectivity index (χ3v) is 3.45. The van der Waals surface area contributed by atoms with Gasteiger partial charge < -0.3 is 10.2 Å². The highest BCUT2D eigenvalue weighted by Crippen LogP contribution is 2.17. The fraction of sp³-hybridized carbons (Fsp3) is 1.00. The molecule has 2 nitrogen and oxygen atoms in total. The summed E-state index contributed by atoms with van der Waals surface area (Å²) in [6.07, 6.45) is 2.66. The highest BCUT2D eigenvalue weighted by molar-refractivity contribution is 4.80. The van der Waals surface area contributed by atoms with Crippen LogP contribution in [-0.2, 0) is 0 Å². The van der Waals surface area contributed by atoms with Gasteiger partial charge in [0, 0.05) is 6.54 Å². The number of rotatable bonds is 6. The molecule has 2 heteroatoms. The first-order chi connectivity index (χ1) is 6.77. The number of unbranched alkanes of at least 4 members (excludes halogenated alkanes) is 1. The van der Waals surface area contributed by atoms with Crippen molar-refractivity contribution in [2.45, 2.75) is 33.6 Å². The van der Waals surface area contributed by atoms with Gasteiger partial charge in [-0.3, -0.25) is 0 Å². The SMILES string of the molecule is CCCCN(CC)CC1CNCC1C. The summed E-state index contributed by atoms with van der Waals surface area (Å²) < 4.78 is 0. The molecule has 14 heavy (non-hydrogen) atoms. The highest BCUT2D eigenvalue weighted by Gasteiger charge is 2.24. The zero-order valence-electron chi connectivity index (χ0n) is 10.1. The molecule has 2 unspecified atom stereocenters. The third-order valence-electron chi connectivity index (χ3n) is 3.45. The number of hydrogen-bond acceptors (Lipinski definition) is 2. The molecule has 1 rings (SSSR count). The van der Waals surface area contributed by atoms with Crippen LogP contribution in [0.25, 0.3) is 0 Å². The Labute approximate surface area is 89.1 Å². The number of hydrogen-bond donors (Lipinski definition) is 1. The molecule has 1 aliphatic rings. The van der Waals surface area contributed by atoms with E-state index in [1.807, 2.05) is 0 Å². The van der Waals surface area contributed by atoms with Crippen LogP contribution < -0.4 is 5.32 Å².